The minimum absolute atomic E-state index is 0.539. The van der Waals surface area contributed by atoms with Crippen molar-refractivity contribution in [1.82, 2.24) is 24.6 Å². The van der Waals surface area contributed by atoms with Crippen molar-refractivity contribution in [3.8, 4) is 0 Å². The lowest BCUT2D eigenvalue weighted by atomic mass is 10.0. The number of likely N-dealkylation sites (tertiary alicyclic amines) is 1. The molecule has 0 saturated carbocycles. The molecule has 3 rings (SSSR count). The third-order valence-corrected chi connectivity index (χ3v) is 3.70. The van der Waals surface area contributed by atoms with Crippen molar-refractivity contribution in [3.05, 3.63) is 42.7 Å². The van der Waals surface area contributed by atoms with Gasteiger partial charge in [0.05, 0.1) is 12.2 Å². The number of hydrogen-bond acceptors (Lipinski definition) is 4. The van der Waals surface area contributed by atoms with Crippen LogP contribution < -0.4 is 0 Å². The van der Waals surface area contributed by atoms with Crippen LogP contribution in [0.2, 0.25) is 0 Å². The molecule has 1 atom stereocenters. The van der Waals surface area contributed by atoms with Crippen LogP contribution in [-0.4, -0.2) is 37.2 Å². The smallest absolute Gasteiger partial charge is 0.137 e. The first-order valence-electron chi connectivity index (χ1n) is 6.88. The Bertz CT molecular complexity index is 482. The summed E-state index contributed by atoms with van der Waals surface area (Å²) in [6, 6.07) is 6.66. The van der Waals surface area contributed by atoms with Crippen molar-refractivity contribution in [2.75, 3.05) is 6.54 Å². The Morgan fingerprint density at radius 3 is 3.05 bits per heavy atom. The standard InChI is InChI=1S/C14H19N5/c1-3-7-16-13(5-1)9-18-8-4-2-6-14(18)10-19-12-15-11-17-19/h1,3,5,7,11-12,14H,2,4,6,8-10H2. The van der Waals surface area contributed by atoms with Crippen LogP contribution in [0.5, 0.6) is 0 Å². The summed E-state index contributed by atoms with van der Waals surface area (Å²) in [5.74, 6) is 0. The van der Waals surface area contributed by atoms with Crippen LogP contribution in [-0.2, 0) is 13.1 Å². The summed E-state index contributed by atoms with van der Waals surface area (Å²) < 4.78 is 1.93. The summed E-state index contributed by atoms with van der Waals surface area (Å²) in [5, 5.41) is 4.22. The molecule has 2 aromatic rings. The molecule has 0 spiro atoms. The summed E-state index contributed by atoms with van der Waals surface area (Å²) in [4.78, 5) is 11.0. The van der Waals surface area contributed by atoms with Crippen LogP contribution in [0.3, 0.4) is 0 Å². The van der Waals surface area contributed by atoms with E-state index in [0.717, 1.165) is 25.3 Å². The summed E-state index contributed by atoms with van der Waals surface area (Å²) in [5.41, 5.74) is 1.15. The van der Waals surface area contributed by atoms with Crippen LogP contribution in [0.25, 0.3) is 0 Å². The van der Waals surface area contributed by atoms with E-state index in [1.54, 1.807) is 12.7 Å². The van der Waals surface area contributed by atoms with Gasteiger partial charge in [-0.05, 0) is 31.5 Å². The molecule has 100 valence electrons. The van der Waals surface area contributed by atoms with Gasteiger partial charge in [0.25, 0.3) is 0 Å². The minimum atomic E-state index is 0.539. The van der Waals surface area contributed by atoms with E-state index >= 15 is 0 Å². The lowest BCUT2D eigenvalue weighted by Gasteiger charge is -2.35. The first-order chi connectivity index (χ1) is 9.42. The SMILES string of the molecule is c1ccc(CN2CCCCC2Cn2cncn2)nc1. The molecule has 0 amide bonds. The molecule has 0 aliphatic carbocycles. The van der Waals surface area contributed by atoms with Crippen molar-refractivity contribution < 1.29 is 0 Å². The normalized spacial score (nSPS) is 20.5. The number of aromatic nitrogens is 4. The zero-order chi connectivity index (χ0) is 12.9. The average Bonchev–Trinajstić information content (AvgIpc) is 2.95. The molecule has 1 fully saturated rings. The van der Waals surface area contributed by atoms with Gasteiger partial charge in [0.1, 0.15) is 12.7 Å². The number of rotatable bonds is 4. The van der Waals surface area contributed by atoms with E-state index in [2.05, 4.69) is 32.1 Å². The van der Waals surface area contributed by atoms with Crippen LogP contribution in [0.4, 0.5) is 0 Å². The van der Waals surface area contributed by atoms with Gasteiger partial charge in [-0.25, -0.2) is 4.98 Å². The fourth-order valence-corrected chi connectivity index (χ4v) is 2.72. The maximum absolute atomic E-state index is 4.43. The predicted molar refractivity (Wildman–Crippen MR) is 72.3 cm³/mol. The summed E-state index contributed by atoms with van der Waals surface area (Å²) >= 11 is 0. The summed E-state index contributed by atoms with van der Waals surface area (Å²) in [7, 11) is 0. The van der Waals surface area contributed by atoms with Crippen LogP contribution in [0, 0.1) is 0 Å². The molecule has 0 aromatic carbocycles. The highest BCUT2D eigenvalue weighted by molar-refractivity contribution is 5.03. The Hall–Kier alpha value is -1.75. The molecule has 2 aromatic heterocycles. The summed E-state index contributed by atoms with van der Waals surface area (Å²) in [6.07, 6.45) is 9.08. The van der Waals surface area contributed by atoms with Crippen molar-refractivity contribution >= 4 is 0 Å². The first-order valence-corrected chi connectivity index (χ1v) is 6.88. The van der Waals surface area contributed by atoms with Crippen molar-refractivity contribution in [2.24, 2.45) is 0 Å². The Morgan fingerprint density at radius 1 is 1.26 bits per heavy atom. The molecular weight excluding hydrogens is 238 g/mol. The molecular formula is C14H19N5. The van der Waals surface area contributed by atoms with Gasteiger partial charge in [-0.3, -0.25) is 14.6 Å². The van der Waals surface area contributed by atoms with Gasteiger partial charge in [0.2, 0.25) is 0 Å². The van der Waals surface area contributed by atoms with E-state index in [9.17, 15) is 0 Å². The third kappa shape index (κ3) is 3.17. The Labute approximate surface area is 113 Å². The molecule has 3 heterocycles. The van der Waals surface area contributed by atoms with Crippen LogP contribution in [0.15, 0.2) is 37.1 Å². The molecule has 1 aliphatic rings. The second kappa shape index (κ2) is 5.93. The monoisotopic (exact) mass is 257 g/mol. The number of nitrogens with zero attached hydrogens (tertiary/aromatic N) is 5. The molecule has 0 N–H and O–H groups in total. The lowest BCUT2D eigenvalue weighted by molar-refractivity contribution is 0.120. The second-order valence-electron chi connectivity index (χ2n) is 5.06. The fraction of sp³-hybridized carbons (Fsp3) is 0.500. The van der Waals surface area contributed by atoms with E-state index in [4.69, 9.17) is 0 Å². The minimum Gasteiger partial charge on any atom is -0.293 e. The first kappa shape index (κ1) is 12.3. The van der Waals surface area contributed by atoms with Gasteiger partial charge in [-0.1, -0.05) is 12.5 Å². The number of piperidine rings is 1. The highest BCUT2D eigenvalue weighted by Gasteiger charge is 2.23. The van der Waals surface area contributed by atoms with Gasteiger partial charge < -0.3 is 0 Å². The Balaban J connectivity index is 1.67. The van der Waals surface area contributed by atoms with Crippen molar-refractivity contribution in [1.29, 1.82) is 0 Å². The Morgan fingerprint density at radius 2 is 2.26 bits per heavy atom. The second-order valence-corrected chi connectivity index (χ2v) is 5.06. The molecule has 19 heavy (non-hydrogen) atoms. The van der Waals surface area contributed by atoms with Gasteiger partial charge in [-0.2, -0.15) is 5.10 Å². The lowest BCUT2D eigenvalue weighted by Crippen LogP contribution is -2.41. The quantitative estimate of drug-likeness (QED) is 0.837. The highest BCUT2D eigenvalue weighted by Crippen LogP contribution is 2.20. The van der Waals surface area contributed by atoms with E-state index in [1.807, 2.05) is 16.9 Å². The van der Waals surface area contributed by atoms with E-state index in [0.29, 0.717) is 6.04 Å². The molecule has 1 saturated heterocycles. The zero-order valence-electron chi connectivity index (χ0n) is 11.0. The maximum Gasteiger partial charge on any atom is 0.137 e. The van der Waals surface area contributed by atoms with Crippen molar-refractivity contribution in [2.45, 2.75) is 38.4 Å². The molecule has 0 bridgehead atoms. The average molecular weight is 257 g/mol. The van der Waals surface area contributed by atoms with E-state index in [-0.39, 0.29) is 0 Å². The zero-order valence-corrected chi connectivity index (χ0v) is 11.0. The highest BCUT2D eigenvalue weighted by atomic mass is 15.3. The summed E-state index contributed by atoms with van der Waals surface area (Å²) in [6.45, 7) is 3.00. The molecule has 0 radical (unpaired) electrons. The number of pyridine rings is 1. The topological polar surface area (TPSA) is 46.8 Å². The molecule has 5 nitrogen and oxygen atoms in total. The third-order valence-electron chi connectivity index (χ3n) is 3.70. The largest absolute Gasteiger partial charge is 0.293 e. The van der Waals surface area contributed by atoms with E-state index < -0.39 is 0 Å². The maximum atomic E-state index is 4.43. The molecule has 5 heteroatoms. The van der Waals surface area contributed by atoms with Crippen LogP contribution in [0.1, 0.15) is 25.0 Å². The van der Waals surface area contributed by atoms with Crippen molar-refractivity contribution in [3.63, 3.8) is 0 Å². The van der Waals surface area contributed by atoms with Gasteiger partial charge >= 0.3 is 0 Å². The molecule has 1 aliphatic heterocycles. The predicted octanol–water partition coefficient (Wildman–Crippen LogP) is 1.73. The van der Waals surface area contributed by atoms with Gasteiger partial charge in [-0.15, -0.1) is 0 Å². The Kier molecular flexibility index (Phi) is 3.83. The van der Waals surface area contributed by atoms with Crippen LogP contribution >= 0.6 is 0 Å². The molecule has 1 unspecified atom stereocenters. The fourth-order valence-electron chi connectivity index (χ4n) is 2.72. The number of hydrogen-bond donors (Lipinski definition) is 0. The van der Waals surface area contributed by atoms with Gasteiger partial charge in [0, 0.05) is 18.8 Å². The van der Waals surface area contributed by atoms with Gasteiger partial charge in [0.15, 0.2) is 0 Å². The van der Waals surface area contributed by atoms with E-state index in [1.165, 1.54) is 19.3 Å².